The lowest BCUT2D eigenvalue weighted by Crippen LogP contribution is -2.18. The molecule has 0 unspecified atom stereocenters. The number of likely N-dealkylation sites (N-methyl/N-ethyl adjacent to an activating group) is 1. The predicted molar refractivity (Wildman–Crippen MR) is 75.9 cm³/mol. The van der Waals surface area contributed by atoms with Crippen LogP contribution in [0.1, 0.15) is 0 Å². The molecule has 0 bridgehead atoms. The van der Waals surface area contributed by atoms with Crippen LogP contribution in [0, 0.1) is 0 Å². The Hall–Kier alpha value is -2.14. The number of hydrogen-bond donors (Lipinski definition) is 1. The maximum Gasteiger partial charge on any atom is 0.0930 e. The van der Waals surface area contributed by atoms with Gasteiger partial charge < -0.3 is 4.90 Å². The fraction of sp³-hybridized carbons (Fsp3) is 0.286. The Balaban J connectivity index is 1.91. The van der Waals surface area contributed by atoms with E-state index in [-0.39, 0.29) is 0 Å². The van der Waals surface area contributed by atoms with Gasteiger partial charge in [0, 0.05) is 29.9 Å². The Kier molecular flexibility index (Phi) is 3.05. The summed E-state index contributed by atoms with van der Waals surface area (Å²) >= 11 is 0. The Morgan fingerprint density at radius 2 is 2.16 bits per heavy atom. The monoisotopic (exact) mass is 255 g/mol. The maximum absolute atomic E-state index is 4.61. The second-order valence-electron chi connectivity index (χ2n) is 4.94. The van der Waals surface area contributed by atoms with Gasteiger partial charge in [-0.3, -0.25) is 9.78 Å². The van der Waals surface area contributed by atoms with Gasteiger partial charge >= 0.3 is 0 Å². The first-order valence-electron chi connectivity index (χ1n) is 6.34. The molecule has 0 aliphatic carbocycles. The van der Waals surface area contributed by atoms with Gasteiger partial charge in [-0.1, -0.05) is 12.1 Å². The molecule has 19 heavy (non-hydrogen) atoms. The highest BCUT2D eigenvalue weighted by molar-refractivity contribution is 5.83. The van der Waals surface area contributed by atoms with Crippen molar-refractivity contribution < 1.29 is 0 Å². The summed E-state index contributed by atoms with van der Waals surface area (Å²) in [4.78, 5) is 2.16. The Morgan fingerprint density at radius 1 is 1.26 bits per heavy atom. The van der Waals surface area contributed by atoms with Crippen molar-refractivity contribution in [2.45, 2.75) is 6.54 Å². The molecular formula is C14H17N5. The molecule has 0 saturated carbocycles. The summed E-state index contributed by atoms with van der Waals surface area (Å²) in [7, 11) is 4.14. The first-order valence-corrected chi connectivity index (χ1v) is 6.34. The van der Waals surface area contributed by atoms with Crippen LogP contribution in [0.25, 0.3) is 22.2 Å². The van der Waals surface area contributed by atoms with E-state index in [1.807, 2.05) is 10.7 Å². The number of aromatic nitrogens is 4. The van der Waals surface area contributed by atoms with Crippen LogP contribution < -0.4 is 0 Å². The lowest BCUT2D eigenvalue weighted by atomic mass is 10.1. The van der Waals surface area contributed by atoms with Gasteiger partial charge in [-0.05, 0) is 26.2 Å². The van der Waals surface area contributed by atoms with Crippen molar-refractivity contribution >= 4 is 10.9 Å². The summed E-state index contributed by atoms with van der Waals surface area (Å²) in [5, 5.41) is 12.7. The molecule has 3 rings (SSSR count). The molecule has 0 fully saturated rings. The number of nitrogens with zero attached hydrogens (tertiary/aromatic N) is 4. The zero-order valence-electron chi connectivity index (χ0n) is 11.2. The lowest BCUT2D eigenvalue weighted by molar-refractivity contribution is 0.374. The van der Waals surface area contributed by atoms with E-state index in [4.69, 9.17) is 0 Å². The van der Waals surface area contributed by atoms with Gasteiger partial charge in [0.2, 0.25) is 0 Å². The van der Waals surface area contributed by atoms with Crippen molar-refractivity contribution in [3.05, 3.63) is 36.7 Å². The van der Waals surface area contributed by atoms with Crippen molar-refractivity contribution in [1.82, 2.24) is 24.9 Å². The summed E-state index contributed by atoms with van der Waals surface area (Å²) in [5.74, 6) is 0. The number of hydrogen-bond acceptors (Lipinski definition) is 3. The second kappa shape index (κ2) is 4.85. The van der Waals surface area contributed by atoms with E-state index in [1.165, 1.54) is 5.39 Å². The fourth-order valence-electron chi connectivity index (χ4n) is 2.07. The smallest absolute Gasteiger partial charge is 0.0930 e. The minimum Gasteiger partial charge on any atom is -0.308 e. The van der Waals surface area contributed by atoms with Gasteiger partial charge in [-0.25, -0.2) is 0 Å². The second-order valence-corrected chi connectivity index (χ2v) is 4.94. The number of fused-ring (bicyclic) bond motifs is 1. The standard InChI is InChI=1S/C14H17N5/c1-18(2)7-8-19-10-12-4-3-11(9-14(12)17-19)13-5-6-15-16-13/h3-6,9-10H,7-8H2,1-2H3,(H,15,16). The average molecular weight is 255 g/mol. The highest BCUT2D eigenvalue weighted by Crippen LogP contribution is 2.21. The molecule has 3 aromatic rings. The highest BCUT2D eigenvalue weighted by Gasteiger charge is 2.04. The third kappa shape index (κ3) is 2.51. The maximum atomic E-state index is 4.61. The van der Waals surface area contributed by atoms with Crippen LogP contribution in [-0.2, 0) is 6.54 Å². The molecule has 0 aliphatic heterocycles. The third-order valence-electron chi connectivity index (χ3n) is 3.14. The van der Waals surface area contributed by atoms with E-state index in [2.05, 4.69) is 58.7 Å². The van der Waals surface area contributed by atoms with E-state index in [0.717, 1.165) is 29.9 Å². The van der Waals surface area contributed by atoms with Crippen LogP contribution in [-0.4, -0.2) is 45.5 Å². The summed E-state index contributed by atoms with van der Waals surface area (Å²) in [6, 6.07) is 8.25. The normalized spacial score (nSPS) is 11.5. The number of benzene rings is 1. The fourth-order valence-corrected chi connectivity index (χ4v) is 2.07. The van der Waals surface area contributed by atoms with E-state index in [0.29, 0.717) is 0 Å². The number of aromatic amines is 1. The molecule has 1 aromatic carbocycles. The zero-order chi connectivity index (χ0) is 13.2. The van der Waals surface area contributed by atoms with Gasteiger partial charge in [-0.15, -0.1) is 0 Å². The molecule has 1 N–H and O–H groups in total. The summed E-state index contributed by atoms with van der Waals surface area (Å²) in [5.41, 5.74) is 3.15. The minimum atomic E-state index is 0.904. The van der Waals surface area contributed by atoms with E-state index < -0.39 is 0 Å². The number of H-pyrrole nitrogens is 1. The van der Waals surface area contributed by atoms with Crippen LogP contribution in [0.15, 0.2) is 36.7 Å². The first-order chi connectivity index (χ1) is 9.22. The number of nitrogens with one attached hydrogen (secondary N) is 1. The largest absolute Gasteiger partial charge is 0.308 e. The van der Waals surface area contributed by atoms with Crippen LogP contribution in [0.3, 0.4) is 0 Å². The Morgan fingerprint density at radius 3 is 2.89 bits per heavy atom. The first kappa shape index (κ1) is 11.9. The van der Waals surface area contributed by atoms with Crippen LogP contribution >= 0.6 is 0 Å². The lowest BCUT2D eigenvalue weighted by Gasteiger charge is -2.08. The molecule has 0 saturated heterocycles. The topological polar surface area (TPSA) is 49.7 Å². The van der Waals surface area contributed by atoms with Gasteiger partial charge in [0.05, 0.1) is 17.8 Å². The summed E-state index contributed by atoms with van der Waals surface area (Å²) < 4.78 is 2.00. The molecule has 2 aromatic heterocycles. The summed E-state index contributed by atoms with van der Waals surface area (Å²) in [6.07, 6.45) is 3.85. The van der Waals surface area contributed by atoms with E-state index in [9.17, 15) is 0 Å². The van der Waals surface area contributed by atoms with Crippen LogP contribution in [0.5, 0.6) is 0 Å². The minimum absolute atomic E-state index is 0.904. The molecule has 0 spiro atoms. The van der Waals surface area contributed by atoms with Crippen molar-refractivity contribution in [1.29, 1.82) is 0 Å². The molecule has 0 amide bonds. The van der Waals surface area contributed by atoms with Gasteiger partial charge in [0.25, 0.3) is 0 Å². The average Bonchev–Trinajstić information content (AvgIpc) is 3.04. The van der Waals surface area contributed by atoms with Gasteiger partial charge in [0.15, 0.2) is 0 Å². The van der Waals surface area contributed by atoms with Crippen LogP contribution in [0.4, 0.5) is 0 Å². The van der Waals surface area contributed by atoms with Gasteiger partial charge in [-0.2, -0.15) is 10.2 Å². The molecule has 0 radical (unpaired) electrons. The molecule has 5 heteroatoms. The zero-order valence-corrected chi connectivity index (χ0v) is 11.2. The van der Waals surface area contributed by atoms with Crippen molar-refractivity contribution in [3.63, 3.8) is 0 Å². The number of rotatable bonds is 4. The Labute approximate surface area is 111 Å². The summed E-state index contributed by atoms with van der Waals surface area (Å²) in [6.45, 7) is 1.89. The molecular weight excluding hydrogens is 238 g/mol. The SMILES string of the molecule is CN(C)CCn1cc2ccc(-c3ccn[nH]3)cc2n1. The van der Waals surface area contributed by atoms with Crippen molar-refractivity contribution in [2.75, 3.05) is 20.6 Å². The molecule has 0 aliphatic rings. The van der Waals surface area contributed by atoms with Crippen molar-refractivity contribution in [2.24, 2.45) is 0 Å². The molecule has 5 nitrogen and oxygen atoms in total. The van der Waals surface area contributed by atoms with Crippen molar-refractivity contribution in [3.8, 4) is 11.3 Å². The highest BCUT2D eigenvalue weighted by atomic mass is 15.3. The molecule has 2 heterocycles. The van der Waals surface area contributed by atoms with Gasteiger partial charge in [0.1, 0.15) is 0 Å². The van der Waals surface area contributed by atoms with E-state index in [1.54, 1.807) is 6.20 Å². The third-order valence-corrected chi connectivity index (χ3v) is 3.14. The molecule has 0 atom stereocenters. The van der Waals surface area contributed by atoms with E-state index >= 15 is 0 Å². The predicted octanol–water partition coefficient (Wildman–Crippen LogP) is 1.99. The Bertz CT molecular complexity index is 666. The molecule has 98 valence electrons. The van der Waals surface area contributed by atoms with Crippen LogP contribution in [0.2, 0.25) is 0 Å². The quantitative estimate of drug-likeness (QED) is 0.775.